The summed E-state index contributed by atoms with van der Waals surface area (Å²) < 4.78 is 20.4. The fourth-order valence-corrected chi connectivity index (χ4v) is 2.81. The lowest BCUT2D eigenvalue weighted by molar-refractivity contribution is 0.0946. The Morgan fingerprint density at radius 2 is 2.12 bits per heavy atom. The van der Waals surface area contributed by atoms with Crippen molar-refractivity contribution in [3.05, 3.63) is 52.7 Å². The van der Waals surface area contributed by atoms with Gasteiger partial charge in [0.2, 0.25) is 0 Å². The molecule has 0 aliphatic rings. The topological polar surface area (TPSA) is 84.8 Å². The van der Waals surface area contributed by atoms with E-state index in [0.29, 0.717) is 17.0 Å². The van der Waals surface area contributed by atoms with Gasteiger partial charge in [0, 0.05) is 24.8 Å². The number of hydrogen-bond donors (Lipinski definition) is 2. The van der Waals surface area contributed by atoms with Crippen LogP contribution in [-0.4, -0.2) is 33.0 Å². The lowest BCUT2D eigenvalue weighted by Crippen LogP contribution is -2.23. The van der Waals surface area contributed by atoms with Crippen molar-refractivity contribution in [2.75, 3.05) is 7.11 Å². The average molecular weight is 357 g/mol. The second-order valence-electron chi connectivity index (χ2n) is 5.99. The van der Waals surface area contributed by atoms with Crippen LogP contribution in [0.2, 0.25) is 0 Å². The first-order chi connectivity index (χ1) is 12.4. The predicted molar refractivity (Wildman–Crippen MR) is 94.4 cm³/mol. The number of H-pyrrole nitrogens is 1. The smallest absolute Gasteiger partial charge is 0.269 e. The lowest BCUT2D eigenvalue weighted by atomic mass is 10.1. The van der Waals surface area contributed by atoms with Gasteiger partial charge in [-0.1, -0.05) is 6.07 Å². The Kier molecular flexibility index (Phi) is 4.75. The molecule has 1 aromatic carbocycles. The van der Waals surface area contributed by atoms with Crippen LogP contribution in [0.1, 0.15) is 27.4 Å². The highest BCUT2D eigenvalue weighted by Gasteiger charge is 2.17. The van der Waals surface area contributed by atoms with Crippen molar-refractivity contribution in [1.82, 2.24) is 25.3 Å². The minimum absolute atomic E-state index is 0.167. The number of ether oxygens (including phenoxy) is 1. The normalized spacial score (nSPS) is 10.8. The zero-order chi connectivity index (χ0) is 18.8. The van der Waals surface area contributed by atoms with E-state index in [0.717, 1.165) is 17.0 Å². The van der Waals surface area contributed by atoms with Gasteiger partial charge in [0.05, 0.1) is 18.5 Å². The molecule has 0 fully saturated rings. The highest BCUT2D eigenvalue weighted by Crippen LogP contribution is 2.25. The number of carbonyl (C=O) groups excluding carboxylic acids is 1. The van der Waals surface area contributed by atoms with Crippen molar-refractivity contribution in [1.29, 1.82) is 0 Å². The van der Waals surface area contributed by atoms with E-state index in [1.54, 1.807) is 16.8 Å². The SMILES string of the molecule is COc1ccc(CNC(=O)c2cc(-c3c(C)nn(C)c3C)n[nH]2)cc1F. The lowest BCUT2D eigenvalue weighted by Gasteiger charge is -2.06. The third-order valence-corrected chi connectivity index (χ3v) is 4.26. The predicted octanol–water partition coefficient (Wildman–Crippen LogP) is 2.50. The van der Waals surface area contributed by atoms with Crippen LogP contribution in [0, 0.1) is 19.7 Å². The fourth-order valence-electron chi connectivity index (χ4n) is 2.81. The van der Waals surface area contributed by atoms with Gasteiger partial charge in [-0.25, -0.2) is 4.39 Å². The summed E-state index contributed by atoms with van der Waals surface area (Å²) in [7, 11) is 3.27. The number of aromatic nitrogens is 4. The number of methoxy groups -OCH3 is 1. The van der Waals surface area contributed by atoms with E-state index in [4.69, 9.17) is 4.74 Å². The zero-order valence-corrected chi connectivity index (χ0v) is 15.1. The van der Waals surface area contributed by atoms with Crippen molar-refractivity contribution < 1.29 is 13.9 Å². The summed E-state index contributed by atoms with van der Waals surface area (Å²) in [5, 5.41) is 14.1. The van der Waals surface area contributed by atoms with Crippen LogP contribution in [0.25, 0.3) is 11.3 Å². The van der Waals surface area contributed by atoms with Gasteiger partial charge in [0.15, 0.2) is 11.6 Å². The first-order valence-electron chi connectivity index (χ1n) is 8.07. The van der Waals surface area contributed by atoms with E-state index in [1.165, 1.54) is 19.2 Å². The molecule has 8 heteroatoms. The van der Waals surface area contributed by atoms with E-state index in [-0.39, 0.29) is 18.2 Å². The minimum atomic E-state index is -0.467. The van der Waals surface area contributed by atoms with Crippen LogP contribution in [0.4, 0.5) is 4.39 Å². The quantitative estimate of drug-likeness (QED) is 0.735. The summed E-state index contributed by atoms with van der Waals surface area (Å²) in [6, 6.07) is 6.24. The van der Waals surface area contributed by atoms with Crippen LogP contribution in [0.5, 0.6) is 5.75 Å². The number of aryl methyl sites for hydroxylation is 2. The van der Waals surface area contributed by atoms with E-state index >= 15 is 0 Å². The van der Waals surface area contributed by atoms with E-state index in [9.17, 15) is 9.18 Å². The monoisotopic (exact) mass is 357 g/mol. The molecule has 136 valence electrons. The van der Waals surface area contributed by atoms with Crippen LogP contribution in [-0.2, 0) is 13.6 Å². The third-order valence-electron chi connectivity index (χ3n) is 4.26. The Labute approximate surface area is 150 Å². The highest BCUT2D eigenvalue weighted by molar-refractivity contribution is 5.93. The number of rotatable bonds is 5. The molecule has 3 rings (SSSR count). The van der Waals surface area contributed by atoms with Gasteiger partial charge in [0.1, 0.15) is 5.69 Å². The molecule has 0 bridgehead atoms. The van der Waals surface area contributed by atoms with E-state index in [2.05, 4.69) is 20.6 Å². The fraction of sp³-hybridized carbons (Fsp3) is 0.278. The van der Waals surface area contributed by atoms with Crippen molar-refractivity contribution in [2.24, 2.45) is 7.05 Å². The Bertz CT molecular complexity index is 961. The molecule has 0 spiro atoms. The summed E-state index contributed by atoms with van der Waals surface area (Å²) >= 11 is 0. The number of hydrogen-bond acceptors (Lipinski definition) is 4. The molecule has 7 nitrogen and oxygen atoms in total. The van der Waals surface area contributed by atoms with E-state index in [1.807, 2.05) is 20.9 Å². The molecule has 0 saturated carbocycles. The summed E-state index contributed by atoms with van der Waals surface area (Å²) in [6.07, 6.45) is 0. The summed E-state index contributed by atoms with van der Waals surface area (Å²) in [6.45, 7) is 4.04. The molecule has 0 atom stereocenters. The van der Waals surface area contributed by atoms with Crippen molar-refractivity contribution in [2.45, 2.75) is 20.4 Å². The Balaban J connectivity index is 1.71. The van der Waals surface area contributed by atoms with Crippen LogP contribution in [0.3, 0.4) is 0 Å². The zero-order valence-electron chi connectivity index (χ0n) is 15.1. The van der Waals surface area contributed by atoms with Crippen molar-refractivity contribution in [3.63, 3.8) is 0 Å². The Morgan fingerprint density at radius 3 is 2.73 bits per heavy atom. The van der Waals surface area contributed by atoms with Crippen LogP contribution in [0.15, 0.2) is 24.3 Å². The van der Waals surface area contributed by atoms with E-state index < -0.39 is 5.82 Å². The number of amides is 1. The maximum absolute atomic E-state index is 13.7. The number of aromatic amines is 1. The average Bonchev–Trinajstić information content (AvgIpc) is 3.18. The molecule has 2 N–H and O–H groups in total. The van der Waals surface area contributed by atoms with Gasteiger partial charge in [-0.05, 0) is 37.6 Å². The third kappa shape index (κ3) is 3.30. The summed E-state index contributed by atoms with van der Waals surface area (Å²) in [4.78, 5) is 12.3. The summed E-state index contributed by atoms with van der Waals surface area (Å²) in [5.41, 5.74) is 4.34. The Morgan fingerprint density at radius 1 is 1.35 bits per heavy atom. The molecule has 1 amide bonds. The second-order valence-corrected chi connectivity index (χ2v) is 5.99. The molecule has 0 unspecified atom stereocenters. The second kappa shape index (κ2) is 6.99. The van der Waals surface area contributed by atoms with Gasteiger partial charge in [-0.3, -0.25) is 14.6 Å². The summed E-state index contributed by atoms with van der Waals surface area (Å²) in [5.74, 6) is -0.620. The number of nitrogens with one attached hydrogen (secondary N) is 2. The maximum atomic E-state index is 13.7. The number of carbonyl (C=O) groups is 1. The molecule has 26 heavy (non-hydrogen) atoms. The maximum Gasteiger partial charge on any atom is 0.269 e. The largest absolute Gasteiger partial charge is 0.494 e. The standard InChI is InChI=1S/C18H20FN5O2/c1-10-17(11(2)24(3)23-10)14-8-15(22-21-14)18(25)20-9-12-5-6-16(26-4)13(19)7-12/h5-8H,9H2,1-4H3,(H,20,25)(H,21,22). The van der Waals surface area contributed by atoms with Gasteiger partial charge in [-0.15, -0.1) is 0 Å². The number of benzene rings is 1. The molecule has 2 heterocycles. The molecular weight excluding hydrogens is 337 g/mol. The van der Waals surface area contributed by atoms with Crippen LogP contribution < -0.4 is 10.1 Å². The molecule has 3 aromatic rings. The number of halogens is 1. The van der Waals surface area contributed by atoms with Crippen molar-refractivity contribution in [3.8, 4) is 17.0 Å². The van der Waals surface area contributed by atoms with Gasteiger partial charge < -0.3 is 10.1 Å². The number of nitrogens with zero attached hydrogens (tertiary/aromatic N) is 3. The van der Waals surface area contributed by atoms with Crippen molar-refractivity contribution >= 4 is 5.91 Å². The molecule has 0 radical (unpaired) electrons. The minimum Gasteiger partial charge on any atom is -0.494 e. The van der Waals surface area contributed by atoms with Gasteiger partial charge in [0.25, 0.3) is 5.91 Å². The molecule has 0 aliphatic heterocycles. The first-order valence-corrected chi connectivity index (χ1v) is 8.07. The molecule has 0 aliphatic carbocycles. The Hall–Kier alpha value is -3.16. The molecule has 0 saturated heterocycles. The van der Waals surface area contributed by atoms with Crippen LogP contribution >= 0.6 is 0 Å². The van der Waals surface area contributed by atoms with Gasteiger partial charge in [-0.2, -0.15) is 10.2 Å². The molecular formula is C18H20FN5O2. The highest BCUT2D eigenvalue weighted by atomic mass is 19.1. The first kappa shape index (κ1) is 17.7. The molecule has 2 aromatic heterocycles. The van der Waals surface area contributed by atoms with Gasteiger partial charge >= 0.3 is 0 Å².